The van der Waals surface area contributed by atoms with Crippen molar-refractivity contribution in [3.63, 3.8) is 0 Å². The summed E-state index contributed by atoms with van der Waals surface area (Å²) in [5, 5.41) is 2.77. The second kappa shape index (κ2) is 8.57. The molecule has 2 aliphatic heterocycles. The Morgan fingerprint density at radius 2 is 1.60 bits per heavy atom. The summed E-state index contributed by atoms with van der Waals surface area (Å²) in [4.78, 5) is 27.3. The van der Waals surface area contributed by atoms with E-state index >= 15 is 0 Å². The van der Waals surface area contributed by atoms with E-state index in [9.17, 15) is 18.0 Å². The molecule has 0 bridgehead atoms. The summed E-state index contributed by atoms with van der Waals surface area (Å²) in [7, 11) is -3.98. The predicted octanol–water partition coefficient (Wildman–Crippen LogP) is 2.13. The first-order valence-corrected chi connectivity index (χ1v) is 11.6. The Kier molecular flexibility index (Phi) is 5.87. The van der Waals surface area contributed by atoms with Crippen LogP contribution >= 0.6 is 0 Å². The molecular formula is C22H25N3O4S. The van der Waals surface area contributed by atoms with Gasteiger partial charge in [-0.25, -0.2) is 12.7 Å². The summed E-state index contributed by atoms with van der Waals surface area (Å²) in [6.07, 6.45) is 3.69. The number of likely N-dealkylation sites (tertiary alicyclic amines) is 1. The number of rotatable bonds is 6. The molecule has 4 rings (SSSR count). The summed E-state index contributed by atoms with van der Waals surface area (Å²) in [5.74, 6) is -1.17. The van der Waals surface area contributed by atoms with Gasteiger partial charge < -0.3 is 5.32 Å². The molecule has 30 heavy (non-hydrogen) atoms. The van der Waals surface area contributed by atoms with Crippen molar-refractivity contribution < 1.29 is 18.0 Å². The van der Waals surface area contributed by atoms with Crippen LogP contribution in [0, 0.1) is 0 Å². The largest absolute Gasteiger partial charge is 0.350 e. The Morgan fingerprint density at radius 1 is 0.933 bits per heavy atom. The zero-order valence-corrected chi connectivity index (χ0v) is 17.5. The standard InChI is InChI=1S/C22H25N3O4S/c26-21(16-25-22(27)19-10-4-5-11-20(19)30(25,28)29)23-14-17-8-2-3-9-18(17)15-24-12-6-1-7-13-24/h2-5,8-11H,1,6-7,12-16H2,(H,23,26). The number of piperidine rings is 1. The fourth-order valence-electron chi connectivity index (χ4n) is 4.01. The summed E-state index contributed by atoms with van der Waals surface area (Å²) in [6, 6.07) is 13.9. The minimum atomic E-state index is -3.98. The maximum Gasteiger partial charge on any atom is 0.269 e. The molecule has 0 saturated carbocycles. The van der Waals surface area contributed by atoms with Crippen LogP contribution in [0.5, 0.6) is 0 Å². The Morgan fingerprint density at radius 3 is 2.33 bits per heavy atom. The highest BCUT2D eigenvalue weighted by molar-refractivity contribution is 7.90. The number of sulfonamides is 1. The lowest BCUT2D eigenvalue weighted by atomic mass is 10.0. The normalized spacial score (nSPS) is 18.3. The van der Waals surface area contributed by atoms with Crippen molar-refractivity contribution >= 4 is 21.8 Å². The average Bonchev–Trinajstić information content (AvgIpc) is 2.95. The molecule has 1 saturated heterocycles. The number of hydrogen-bond acceptors (Lipinski definition) is 5. The third-order valence-electron chi connectivity index (χ3n) is 5.64. The second-order valence-electron chi connectivity index (χ2n) is 7.70. The summed E-state index contributed by atoms with van der Waals surface area (Å²) >= 11 is 0. The average molecular weight is 428 g/mol. The maximum atomic E-state index is 12.6. The van der Waals surface area contributed by atoms with E-state index in [-0.39, 0.29) is 17.0 Å². The number of fused-ring (bicyclic) bond motifs is 1. The molecule has 0 radical (unpaired) electrons. The lowest BCUT2D eigenvalue weighted by Crippen LogP contribution is -2.40. The van der Waals surface area contributed by atoms with Crippen LogP contribution in [0.15, 0.2) is 53.4 Å². The molecule has 8 heteroatoms. The number of nitrogens with zero attached hydrogens (tertiary/aromatic N) is 2. The van der Waals surface area contributed by atoms with Crippen LogP contribution in [0.4, 0.5) is 0 Å². The lowest BCUT2D eigenvalue weighted by molar-refractivity contribution is -0.121. The van der Waals surface area contributed by atoms with E-state index < -0.39 is 28.4 Å². The van der Waals surface area contributed by atoms with Crippen LogP contribution in [-0.4, -0.2) is 49.1 Å². The molecule has 1 fully saturated rings. The zero-order chi connectivity index (χ0) is 21.1. The third kappa shape index (κ3) is 4.11. The molecule has 2 amide bonds. The third-order valence-corrected chi connectivity index (χ3v) is 7.42. The quantitative estimate of drug-likeness (QED) is 0.763. The van der Waals surface area contributed by atoms with Crippen molar-refractivity contribution in [2.24, 2.45) is 0 Å². The number of amides is 2. The fourth-order valence-corrected chi connectivity index (χ4v) is 5.54. The number of hydrogen-bond donors (Lipinski definition) is 1. The van der Waals surface area contributed by atoms with E-state index in [1.165, 1.54) is 31.4 Å². The molecule has 2 aliphatic rings. The van der Waals surface area contributed by atoms with Crippen LogP contribution in [0.2, 0.25) is 0 Å². The molecule has 2 aromatic carbocycles. The minimum Gasteiger partial charge on any atom is -0.350 e. The van der Waals surface area contributed by atoms with Gasteiger partial charge in [0, 0.05) is 13.1 Å². The number of benzene rings is 2. The van der Waals surface area contributed by atoms with Gasteiger partial charge in [-0.2, -0.15) is 0 Å². The lowest BCUT2D eigenvalue weighted by Gasteiger charge is -2.27. The number of nitrogens with one attached hydrogen (secondary N) is 1. The van der Waals surface area contributed by atoms with E-state index in [1.54, 1.807) is 12.1 Å². The van der Waals surface area contributed by atoms with Gasteiger partial charge in [0.15, 0.2) is 0 Å². The van der Waals surface area contributed by atoms with Gasteiger partial charge in [-0.1, -0.05) is 42.8 Å². The van der Waals surface area contributed by atoms with Crippen molar-refractivity contribution in [1.29, 1.82) is 0 Å². The topological polar surface area (TPSA) is 86.8 Å². The van der Waals surface area contributed by atoms with E-state index in [1.807, 2.05) is 18.2 Å². The maximum absolute atomic E-state index is 12.6. The van der Waals surface area contributed by atoms with Gasteiger partial charge >= 0.3 is 0 Å². The molecule has 1 N–H and O–H groups in total. The molecule has 0 atom stereocenters. The Bertz CT molecular complexity index is 1060. The zero-order valence-electron chi connectivity index (χ0n) is 16.7. The molecule has 0 unspecified atom stereocenters. The molecule has 0 aliphatic carbocycles. The number of carbonyl (C=O) groups excluding carboxylic acids is 2. The van der Waals surface area contributed by atoms with Crippen molar-refractivity contribution in [2.75, 3.05) is 19.6 Å². The second-order valence-corrected chi connectivity index (χ2v) is 9.53. The van der Waals surface area contributed by atoms with E-state index in [4.69, 9.17) is 0 Å². The summed E-state index contributed by atoms with van der Waals surface area (Å²) in [5.41, 5.74) is 2.25. The van der Waals surface area contributed by atoms with Crippen LogP contribution in [0.1, 0.15) is 40.7 Å². The first-order valence-electron chi connectivity index (χ1n) is 10.2. The Hall–Kier alpha value is -2.71. The summed E-state index contributed by atoms with van der Waals surface area (Å²) < 4.78 is 25.8. The van der Waals surface area contributed by atoms with Crippen molar-refractivity contribution in [1.82, 2.24) is 14.5 Å². The molecule has 0 aromatic heterocycles. The van der Waals surface area contributed by atoms with Gasteiger partial charge in [0.05, 0.1) is 5.56 Å². The first kappa shape index (κ1) is 20.6. The molecule has 0 spiro atoms. The van der Waals surface area contributed by atoms with E-state index in [0.717, 1.165) is 30.8 Å². The Labute approximate surface area is 176 Å². The molecule has 7 nitrogen and oxygen atoms in total. The fraction of sp³-hybridized carbons (Fsp3) is 0.364. The molecule has 2 aromatic rings. The van der Waals surface area contributed by atoms with Crippen molar-refractivity contribution in [3.05, 3.63) is 65.2 Å². The highest BCUT2D eigenvalue weighted by atomic mass is 32.2. The van der Waals surface area contributed by atoms with Crippen LogP contribution in [-0.2, 0) is 27.9 Å². The highest BCUT2D eigenvalue weighted by Gasteiger charge is 2.41. The Balaban J connectivity index is 1.40. The van der Waals surface area contributed by atoms with Gasteiger partial charge in [-0.05, 0) is 49.2 Å². The van der Waals surface area contributed by atoms with Gasteiger partial charge in [0.1, 0.15) is 11.4 Å². The van der Waals surface area contributed by atoms with Crippen LogP contribution < -0.4 is 5.32 Å². The number of carbonyl (C=O) groups is 2. The van der Waals surface area contributed by atoms with Crippen LogP contribution in [0.25, 0.3) is 0 Å². The van der Waals surface area contributed by atoms with Crippen LogP contribution in [0.3, 0.4) is 0 Å². The predicted molar refractivity (Wildman–Crippen MR) is 112 cm³/mol. The first-order chi connectivity index (χ1) is 14.5. The molecular weight excluding hydrogens is 402 g/mol. The van der Waals surface area contributed by atoms with E-state index in [0.29, 0.717) is 4.31 Å². The van der Waals surface area contributed by atoms with Gasteiger partial charge in [0.2, 0.25) is 5.91 Å². The smallest absolute Gasteiger partial charge is 0.269 e. The van der Waals surface area contributed by atoms with Gasteiger partial charge in [-0.15, -0.1) is 0 Å². The van der Waals surface area contributed by atoms with Gasteiger partial charge in [0.25, 0.3) is 15.9 Å². The minimum absolute atomic E-state index is 0.0466. The monoisotopic (exact) mass is 427 g/mol. The van der Waals surface area contributed by atoms with E-state index in [2.05, 4.69) is 16.3 Å². The molecule has 158 valence electrons. The van der Waals surface area contributed by atoms with Crippen molar-refractivity contribution in [3.8, 4) is 0 Å². The van der Waals surface area contributed by atoms with Gasteiger partial charge in [-0.3, -0.25) is 14.5 Å². The highest BCUT2D eigenvalue weighted by Crippen LogP contribution is 2.29. The molecule has 2 heterocycles. The van der Waals surface area contributed by atoms with Crippen molar-refractivity contribution in [2.45, 2.75) is 37.2 Å². The SMILES string of the molecule is O=C(CN1C(=O)c2ccccc2S1(=O)=O)NCc1ccccc1CN1CCCCC1. The summed E-state index contributed by atoms with van der Waals surface area (Å²) in [6.45, 7) is 2.76.